The fourth-order valence-electron chi connectivity index (χ4n) is 1.95. The average molecular weight is 217 g/mol. The molecule has 82 valence electrons. The van der Waals surface area contributed by atoms with Gasteiger partial charge in [0.05, 0.1) is 17.1 Å². The maximum absolute atomic E-state index is 11.8. The topological polar surface area (TPSA) is 67.9 Å². The molecule has 0 amide bonds. The molecule has 1 N–H and O–H groups in total. The van der Waals surface area contributed by atoms with Gasteiger partial charge in [0.2, 0.25) is 0 Å². The summed E-state index contributed by atoms with van der Waals surface area (Å²) in [5, 5.41) is 0.566. The van der Waals surface area contributed by atoms with E-state index in [2.05, 4.69) is 15.0 Å². The van der Waals surface area contributed by atoms with E-state index in [4.69, 9.17) is 4.74 Å². The highest BCUT2D eigenvalue weighted by Gasteiger charge is 2.20. The van der Waals surface area contributed by atoms with Crippen LogP contribution in [0.4, 0.5) is 0 Å². The summed E-state index contributed by atoms with van der Waals surface area (Å²) in [6, 6.07) is 1.67. The van der Waals surface area contributed by atoms with Crippen molar-refractivity contribution in [3.63, 3.8) is 0 Å². The summed E-state index contributed by atoms with van der Waals surface area (Å²) in [6.07, 6.45) is 5.04. The van der Waals surface area contributed by atoms with Crippen molar-refractivity contribution < 1.29 is 4.74 Å². The highest BCUT2D eigenvalue weighted by Crippen LogP contribution is 2.25. The summed E-state index contributed by atoms with van der Waals surface area (Å²) < 4.78 is 5.49. The van der Waals surface area contributed by atoms with Crippen LogP contribution in [0.15, 0.2) is 23.3 Å². The standard InChI is InChI=1S/C11H11N3O2/c15-11-7-3-4-12-6-8(7)13-10(14-11)9-2-1-5-16-9/h3-4,6,9H,1-2,5H2,(H,13,14,15)/t9-/m0/s1. The molecule has 5 nitrogen and oxygen atoms in total. The summed E-state index contributed by atoms with van der Waals surface area (Å²) in [6.45, 7) is 0.736. The van der Waals surface area contributed by atoms with Gasteiger partial charge in [0.25, 0.3) is 5.56 Å². The quantitative estimate of drug-likeness (QED) is 0.778. The van der Waals surface area contributed by atoms with Crippen molar-refractivity contribution in [2.24, 2.45) is 0 Å². The smallest absolute Gasteiger partial charge is 0.258 e. The fraction of sp³-hybridized carbons (Fsp3) is 0.364. The predicted octanol–water partition coefficient (Wildman–Crippen LogP) is 1.17. The molecule has 2 aromatic rings. The number of fused-ring (bicyclic) bond motifs is 1. The summed E-state index contributed by atoms with van der Waals surface area (Å²) in [5.74, 6) is 0.614. The SMILES string of the molecule is O=c1[nH]c([C@@H]2CCCO2)nc2cnccc12. The second kappa shape index (κ2) is 3.68. The van der Waals surface area contributed by atoms with Crippen LogP contribution in [0.1, 0.15) is 24.8 Å². The molecular weight excluding hydrogens is 206 g/mol. The summed E-state index contributed by atoms with van der Waals surface area (Å²) in [4.78, 5) is 22.9. The van der Waals surface area contributed by atoms with Crippen molar-refractivity contribution in [1.82, 2.24) is 15.0 Å². The number of aromatic amines is 1. The van der Waals surface area contributed by atoms with Gasteiger partial charge in [-0.25, -0.2) is 4.98 Å². The van der Waals surface area contributed by atoms with E-state index in [1.165, 1.54) is 0 Å². The lowest BCUT2D eigenvalue weighted by molar-refractivity contribution is 0.105. The Kier molecular flexibility index (Phi) is 2.18. The van der Waals surface area contributed by atoms with Gasteiger partial charge in [-0.15, -0.1) is 0 Å². The Labute approximate surface area is 91.5 Å². The Morgan fingerprint density at radius 1 is 1.50 bits per heavy atom. The maximum atomic E-state index is 11.8. The molecule has 0 radical (unpaired) electrons. The van der Waals surface area contributed by atoms with Crippen molar-refractivity contribution in [3.8, 4) is 0 Å². The number of aromatic nitrogens is 3. The van der Waals surface area contributed by atoms with Crippen LogP contribution in [0, 0.1) is 0 Å². The molecule has 5 heteroatoms. The zero-order valence-corrected chi connectivity index (χ0v) is 8.64. The number of nitrogens with one attached hydrogen (secondary N) is 1. The van der Waals surface area contributed by atoms with Crippen LogP contribution in [0.5, 0.6) is 0 Å². The largest absolute Gasteiger partial charge is 0.370 e. The van der Waals surface area contributed by atoms with Gasteiger partial charge >= 0.3 is 0 Å². The molecule has 2 aromatic heterocycles. The van der Waals surface area contributed by atoms with Gasteiger partial charge in [0.15, 0.2) is 0 Å². The monoisotopic (exact) mass is 217 g/mol. The lowest BCUT2D eigenvalue weighted by Crippen LogP contribution is -2.14. The first-order valence-electron chi connectivity index (χ1n) is 5.30. The number of rotatable bonds is 1. The van der Waals surface area contributed by atoms with Gasteiger partial charge in [0.1, 0.15) is 11.9 Å². The van der Waals surface area contributed by atoms with Gasteiger partial charge in [-0.05, 0) is 18.9 Å². The highest BCUT2D eigenvalue weighted by molar-refractivity contribution is 5.75. The van der Waals surface area contributed by atoms with Gasteiger partial charge in [0, 0.05) is 12.8 Å². The Hall–Kier alpha value is -1.75. The molecule has 1 saturated heterocycles. The molecule has 1 fully saturated rings. The second-order valence-electron chi connectivity index (χ2n) is 3.85. The van der Waals surface area contributed by atoms with Crippen LogP contribution in [-0.2, 0) is 4.74 Å². The Morgan fingerprint density at radius 3 is 3.25 bits per heavy atom. The molecule has 3 heterocycles. The molecule has 0 aromatic carbocycles. The van der Waals surface area contributed by atoms with E-state index in [0.717, 1.165) is 19.4 Å². The minimum absolute atomic E-state index is 0.0719. The molecular formula is C11H11N3O2. The fourth-order valence-corrected chi connectivity index (χ4v) is 1.95. The molecule has 0 saturated carbocycles. The lowest BCUT2D eigenvalue weighted by atomic mass is 10.2. The van der Waals surface area contributed by atoms with E-state index in [1.807, 2.05) is 0 Å². The van der Waals surface area contributed by atoms with E-state index in [1.54, 1.807) is 18.5 Å². The molecule has 0 spiro atoms. The third-order valence-electron chi connectivity index (χ3n) is 2.76. The minimum atomic E-state index is -0.127. The van der Waals surface area contributed by atoms with Crippen LogP contribution in [-0.4, -0.2) is 21.6 Å². The van der Waals surface area contributed by atoms with E-state index in [-0.39, 0.29) is 11.7 Å². The van der Waals surface area contributed by atoms with Crippen LogP contribution in [0.3, 0.4) is 0 Å². The number of hydrogen-bond acceptors (Lipinski definition) is 4. The second-order valence-corrected chi connectivity index (χ2v) is 3.85. The number of pyridine rings is 1. The highest BCUT2D eigenvalue weighted by atomic mass is 16.5. The van der Waals surface area contributed by atoms with Crippen molar-refractivity contribution in [1.29, 1.82) is 0 Å². The average Bonchev–Trinajstić information content (AvgIpc) is 2.82. The third kappa shape index (κ3) is 1.49. The van der Waals surface area contributed by atoms with Crippen molar-refractivity contribution in [3.05, 3.63) is 34.6 Å². The molecule has 3 rings (SSSR count). The zero-order chi connectivity index (χ0) is 11.0. The summed E-state index contributed by atoms with van der Waals surface area (Å²) >= 11 is 0. The number of hydrogen-bond donors (Lipinski definition) is 1. The normalized spacial score (nSPS) is 20.4. The molecule has 0 bridgehead atoms. The third-order valence-corrected chi connectivity index (χ3v) is 2.76. The van der Waals surface area contributed by atoms with Gasteiger partial charge in [-0.1, -0.05) is 0 Å². The van der Waals surface area contributed by atoms with Crippen LogP contribution in [0.2, 0.25) is 0 Å². The van der Waals surface area contributed by atoms with E-state index in [9.17, 15) is 4.79 Å². The Morgan fingerprint density at radius 2 is 2.44 bits per heavy atom. The molecule has 1 atom stereocenters. The number of H-pyrrole nitrogens is 1. The number of ether oxygens (including phenoxy) is 1. The van der Waals surface area contributed by atoms with Gasteiger partial charge < -0.3 is 9.72 Å². The Bertz CT molecular complexity index is 573. The van der Waals surface area contributed by atoms with Crippen molar-refractivity contribution >= 4 is 10.9 Å². The van der Waals surface area contributed by atoms with Crippen LogP contribution >= 0.6 is 0 Å². The van der Waals surface area contributed by atoms with Gasteiger partial charge in [-0.3, -0.25) is 9.78 Å². The Balaban J connectivity index is 2.17. The maximum Gasteiger partial charge on any atom is 0.258 e. The first-order chi connectivity index (χ1) is 7.84. The van der Waals surface area contributed by atoms with Gasteiger partial charge in [-0.2, -0.15) is 0 Å². The molecule has 1 aliphatic rings. The summed E-state index contributed by atoms with van der Waals surface area (Å²) in [7, 11) is 0. The van der Waals surface area contributed by atoms with Crippen molar-refractivity contribution in [2.75, 3.05) is 6.61 Å². The first kappa shape index (κ1) is 9.47. The van der Waals surface area contributed by atoms with Crippen LogP contribution in [0.25, 0.3) is 10.9 Å². The molecule has 16 heavy (non-hydrogen) atoms. The lowest BCUT2D eigenvalue weighted by Gasteiger charge is -2.08. The minimum Gasteiger partial charge on any atom is -0.370 e. The van der Waals surface area contributed by atoms with E-state index in [0.29, 0.717) is 16.7 Å². The molecule has 0 unspecified atom stereocenters. The van der Waals surface area contributed by atoms with Crippen molar-refractivity contribution in [2.45, 2.75) is 18.9 Å². The van der Waals surface area contributed by atoms with E-state index < -0.39 is 0 Å². The first-order valence-corrected chi connectivity index (χ1v) is 5.30. The number of nitrogens with zero attached hydrogens (tertiary/aromatic N) is 2. The van der Waals surface area contributed by atoms with E-state index >= 15 is 0 Å². The molecule has 0 aliphatic carbocycles. The predicted molar refractivity (Wildman–Crippen MR) is 58.1 cm³/mol. The zero-order valence-electron chi connectivity index (χ0n) is 8.64. The molecule has 1 aliphatic heterocycles. The summed E-state index contributed by atoms with van der Waals surface area (Å²) in [5.41, 5.74) is 0.495. The van der Waals surface area contributed by atoms with Crippen LogP contribution < -0.4 is 5.56 Å².